The van der Waals surface area contributed by atoms with Crippen LogP contribution in [0.4, 0.5) is 0 Å². The molecule has 2 aromatic heterocycles. The van der Waals surface area contributed by atoms with Gasteiger partial charge in [-0.05, 0) is 23.8 Å². The Labute approximate surface area is 193 Å². The Kier molecular flexibility index (Phi) is 6.43. The number of nitrogens with zero attached hydrogens (tertiary/aromatic N) is 2. The third-order valence-electron chi connectivity index (χ3n) is 4.98. The number of para-hydroxylation sites is 1. The summed E-state index contributed by atoms with van der Waals surface area (Å²) < 4.78 is 12.5. The summed E-state index contributed by atoms with van der Waals surface area (Å²) in [5.74, 6) is 0.829. The minimum Gasteiger partial charge on any atom is -0.493 e. The van der Waals surface area contributed by atoms with Gasteiger partial charge in [-0.25, -0.2) is 4.98 Å². The zero-order valence-corrected chi connectivity index (χ0v) is 19.0. The molecule has 0 radical (unpaired) electrons. The minimum atomic E-state index is -0.312. The van der Waals surface area contributed by atoms with Crippen LogP contribution in [-0.2, 0) is 17.9 Å². The zero-order chi connectivity index (χ0) is 22.7. The molecule has 9 heteroatoms. The van der Waals surface area contributed by atoms with E-state index in [1.165, 1.54) is 22.2 Å². The van der Waals surface area contributed by atoms with E-state index in [4.69, 9.17) is 21.1 Å². The smallest absolute Gasteiger partial charge is 0.271 e. The predicted octanol–water partition coefficient (Wildman–Crippen LogP) is 4.11. The molecule has 32 heavy (non-hydrogen) atoms. The van der Waals surface area contributed by atoms with Gasteiger partial charge in [0.1, 0.15) is 11.2 Å². The number of hydrogen-bond acceptors (Lipinski definition) is 6. The number of rotatable bonds is 7. The lowest BCUT2D eigenvalue weighted by Gasteiger charge is -2.13. The summed E-state index contributed by atoms with van der Waals surface area (Å²) in [6.45, 7) is 0.103. The summed E-state index contributed by atoms with van der Waals surface area (Å²) in [7, 11) is 3.10. The van der Waals surface area contributed by atoms with Crippen LogP contribution in [0.2, 0.25) is 5.02 Å². The van der Waals surface area contributed by atoms with Crippen molar-refractivity contribution in [2.45, 2.75) is 13.1 Å². The van der Waals surface area contributed by atoms with Gasteiger partial charge in [0.2, 0.25) is 5.91 Å². The topological polar surface area (TPSA) is 82.5 Å². The van der Waals surface area contributed by atoms with Gasteiger partial charge < -0.3 is 14.8 Å². The SMILES string of the molecule is COc1cccc(CNC(=O)Cn2cnc3c(-c4ccc(Cl)cc4)csc3c2=O)c1OC. The van der Waals surface area contributed by atoms with Gasteiger partial charge in [-0.3, -0.25) is 14.2 Å². The zero-order valence-electron chi connectivity index (χ0n) is 17.4. The van der Waals surface area contributed by atoms with Crippen molar-refractivity contribution in [3.05, 3.63) is 75.1 Å². The van der Waals surface area contributed by atoms with Gasteiger partial charge in [0.25, 0.3) is 5.56 Å². The van der Waals surface area contributed by atoms with Crippen molar-refractivity contribution in [1.29, 1.82) is 0 Å². The molecule has 4 rings (SSSR count). The first-order chi connectivity index (χ1) is 15.5. The molecule has 0 bridgehead atoms. The lowest BCUT2D eigenvalue weighted by Crippen LogP contribution is -2.32. The highest BCUT2D eigenvalue weighted by atomic mass is 35.5. The molecule has 164 valence electrons. The fraction of sp³-hybridized carbons (Fsp3) is 0.174. The van der Waals surface area contributed by atoms with Crippen LogP contribution in [0, 0.1) is 0 Å². The van der Waals surface area contributed by atoms with E-state index in [0.717, 1.165) is 16.7 Å². The van der Waals surface area contributed by atoms with Crippen LogP contribution in [0.5, 0.6) is 11.5 Å². The first-order valence-corrected chi connectivity index (χ1v) is 11.0. The van der Waals surface area contributed by atoms with Gasteiger partial charge >= 0.3 is 0 Å². The van der Waals surface area contributed by atoms with Gasteiger partial charge in [0.05, 0.1) is 26.1 Å². The molecule has 0 aliphatic carbocycles. The van der Waals surface area contributed by atoms with Gasteiger partial charge in [-0.2, -0.15) is 0 Å². The molecule has 0 saturated carbocycles. The van der Waals surface area contributed by atoms with Gasteiger partial charge in [-0.1, -0.05) is 35.9 Å². The molecular weight excluding hydrogens is 450 g/mol. The first kappa shape index (κ1) is 21.9. The summed E-state index contributed by atoms with van der Waals surface area (Å²) in [4.78, 5) is 29.9. The van der Waals surface area contributed by atoms with Crippen molar-refractivity contribution < 1.29 is 14.3 Å². The van der Waals surface area contributed by atoms with Crippen molar-refractivity contribution in [3.63, 3.8) is 0 Å². The number of benzene rings is 2. The molecule has 1 N–H and O–H groups in total. The number of methoxy groups -OCH3 is 2. The lowest BCUT2D eigenvalue weighted by molar-refractivity contribution is -0.121. The number of carbonyl (C=O) groups is 1. The van der Waals surface area contributed by atoms with E-state index >= 15 is 0 Å². The fourth-order valence-electron chi connectivity index (χ4n) is 3.39. The number of fused-ring (bicyclic) bond motifs is 1. The molecule has 1 amide bonds. The molecule has 7 nitrogen and oxygen atoms in total. The Bertz CT molecular complexity index is 1330. The minimum absolute atomic E-state index is 0.137. The van der Waals surface area contributed by atoms with Crippen LogP contribution in [0.1, 0.15) is 5.56 Å². The molecule has 0 atom stereocenters. The molecule has 0 spiro atoms. The van der Waals surface area contributed by atoms with Crippen LogP contribution in [0.25, 0.3) is 21.3 Å². The van der Waals surface area contributed by atoms with Crippen molar-refractivity contribution in [2.24, 2.45) is 0 Å². The monoisotopic (exact) mass is 469 g/mol. The quantitative estimate of drug-likeness (QED) is 0.440. The third kappa shape index (κ3) is 4.32. The van der Waals surface area contributed by atoms with E-state index in [1.807, 2.05) is 29.6 Å². The van der Waals surface area contributed by atoms with E-state index in [0.29, 0.717) is 26.7 Å². The maximum Gasteiger partial charge on any atom is 0.271 e. The van der Waals surface area contributed by atoms with Gasteiger partial charge in [0, 0.05) is 28.1 Å². The van der Waals surface area contributed by atoms with Crippen LogP contribution in [0.15, 0.2) is 59.0 Å². The summed E-state index contributed by atoms with van der Waals surface area (Å²) >= 11 is 7.27. The molecule has 2 heterocycles. The highest BCUT2D eigenvalue weighted by Crippen LogP contribution is 2.32. The Balaban J connectivity index is 1.51. The first-order valence-electron chi connectivity index (χ1n) is 9.71. The fourth-order valence-corrected chi connectivity index (χ4v) is 4.49. The summed E-state index contributed by atoms with van der Waals surface area (Å²) in [6.07, 6.45) is 1.41. The Hall–Kier alpha value is -3.36. The summed E-state index contributed by atoms with van der Waals surface area (Å²) in [5, 5.41) is 5.34. The predicted molar refractivity (Wildman–Crippen MR) is 126 cm³/mol. The van der Waals surface area contributed by atoms with Crippen LogP contribution in [-0.4, -0.2) is 29.7 Å². The van der Waals surface area contributed by atoms with Gasteiger partial charge in [-0.15, -0.1) is 11.3 Å². The maximum atomic E-state index is 12.9. The van der Waals surface area contributed by atoms with Crippen molar-refractivity contribution in [3.8, 4) is 22.6 Å². The molecule has 0 aliphatic heterocycles. The average molecular weight is 470 g/mol. The lowest BCUT2D eigenvalue weighted by atomic mass is 10.1. The molecule has 0 fully saturated rings. The molecule has 0 saturated heterocycles. The van der Waals surface area contributed by atoms with E-state index in [2.05, 4.69) is 10.3 Å². The number of thiophene rings is 1. The standard InChI is InChI=1S/C23H20ClN3O4S/c1-30-18-5-3-4-15(21(18)31-2)10-25-19(28)11-27-13-26-20-17(12-32-22(20)23(27)29)14-6-8-16(24)9-7-14/h3-9,12-13H,10-11H2,1-2H3,(H,25,28). The highest BCUT2D eigenvalue weighted by Gasteiger charge is 2.15. The van der Waals surface area contributed by atoms with E-state index in [9.17, 15) is 9.59 Å². The molecule has 2 aromatic carbocycles. The Morgan fingerprint density at radius 2 is 1.94 bits per heavy atom. The number of carbonyl (C=O) groups excluding carboxylic acids is 1. The molecule has 4 aromatic rings. The third-order valence-corrected chi connectivity index (χ3v) is 6.19. The number of ether oxygens (including phenoxy) is 2. The van der Waals surface area contributed by atoms with Crippen LogP contribution < -0.4 is 20.3 Å². The summed E-state index contributed by atoms with van der Waals surface area (Å²) in [6, 6.07) is 12.8. The highest BCUT2D eigenvalue weighted by molar-refractivity contribution is 7.17. The van der Waals surface area contributed by atoms with E-state index in [1.54, 1.807) is 32.4 Å². The second-order valence-corrected chi connectivity index (χ2v) is 8.26. The van der Waals surface area contributed by atoms with E-state index < -0.39 is 0 Å². The van der Waals surface area contributed by atoms with Crippen molar-refractivity contribution in [2.75, 3.05) is 14.2 Å². The Morgan fingerprint density at radius 3 is 2.66 bits per heavy atom. The second-order valence-electron chi connectivity index (χ2n) is 6.94. The summed E-state index contributed by atoms with van der Waals surface area (Å²) in [5.41, 5.74) is 2.91. The largest absolute Gasteiger partial charge is 0.493 e. The number of nitrogens with one attached hydrogen (secondary N) is 1. The number of aromatic nitrogens is 2. The molecule has 0 unspecified atom stereocenters. The van der Waals surface area contributed by atoms with Gasteiger partial charge in [0.15, 0.2) is 11.5 Å². The second kappa shape index (κ2) is 9.42. The number of halogens is 1. The van der Waals surface area contributed by atoms with E-state index in [-0.39, 0.29) is 24.6 Å². The Morgan fingerprint density at radius 1 is 1.16 bits per heavy atom. The van der Waals surface area contributed by atoms with Crippen molar-refractivity contribution in [1.82, 2.24) is 14.9 Å². The van der Waals surface area contributed by atoms with Crippen LogP contribution in [0.3, 0.4) is 0 Å². The van der Waals surface area contributed by atoms with Crippen LogP contribution >= 0.6 is 22.9 Å². The number of hydrogen-bond donors (Lipinski definition) is 1. The average Bonchev–Trinajstić information content (AvgIpc) is 3.24. The normalized spacial score (nSPS) is 10.8. The van der Waals surface area contributed by atoms with Crippen molar-refractivity contribution >= 4 is 39.1 Å². The molecule has 0 aliphatic rings. The maximum absolute atomic E-state index is 12.9. The molecular formula is C23H20ClN3O4S. The number of amides is 1.